The number of methoxy groups -OCH3 is 1. The summed E-state index contributed by atoms with van der Waals surface area (Å²) >= 11 is 0. The van der Waals surface area contributed by atoms with Crippen molar-refractivity contribution < 1.29 is 4.74 Å². The molecule has 0 amide bonds. The Kier molecular flexibility index (Phi) is 5.71. The normalized spacial score (nSPS) is 21.1. The van der Waals surface area contributed by atoms with Crippen molar-refractivity contribution >= 4 is 0 Å². The van der Waals surface area contributed by atoms with Gasteiger partial charge in [-0.1, -0.05) is 31.9 Å². The van der Waals surface area contributed by atoms with E-state index in [1.54, 1.807) is 7.11 Å². The molecule has 0 radical (unpaired) electrons. The highest BCUT2D eigenvalue weighted by molar-refractivity contribution is 5.31. The van der Waals surface area contributed by atoms with Gasteiger partial charge in [0.1, 0.15) is 5.75 Å². The van der Waals surface area contributed by atoms with E-state index in [4.69, 9.17) is 4.74 Å². The molecule has 1 aromatic rings. The van der Waals surface area contributed by atoms with Gasteiger partial charge in [-0.05, 0) is 61.9 Å². The van der Waals surface area contributed by atoms with E-state index in [1.807, 2.05) is 6.07 Å². The molecular formula is C17H27NO. The van der Waals surface area contributed by atoms with Crippen LogP contribution in [0.1, 0.15) is 50.5 Å². The molecular weight excluding hydrogens is 234 g/mol. The van der Waals surface area contributed by atoms with Gasteiger partial charge in [0.05, 0.1) is 7.11 Å². The maximum absolute atomic E-state index is 5.38. The minimum Gasteiger partial charge on any atom is -0.497 e. The third kappa shape index (κ3) is 3.97. The third-order valence-electron chi connectivity index (χ3n) is 4.29. The monoisotopic (exact) mass is 261 g/mol. The van der Waals surface area contributed by atoms with Crippen LogP contribution in [0.3, 0.4) is 0 Å². The van der Waals surface area contributed by atoms with Crippen LogP contribution in [0.4, 0.5) is 0 Å². The first-order valence-corrected chi connectivity index (χ1v) is 7.69. The summed E-state index contributed by atoms with van der Waals surface area (Å²) in [7, 11) is 1.75. The minimum absolute atomic E-state index is 0.683. The molecule has 1 N–H and O–H groups in total. The molecule has 1 heterocycles. The van der Waals surface area contributed by atoms with Crippen LogP contribution in [0.15, 0.2) is 24.3 Å². The first-order chi connectivity index (χ1) is 9.35. The lowest BCUT2D eigenvalue weighted by molar-refractivity contribution is 0.306. The summed E-state index contributed by atoms with van der Waals surface area (Å²) < 4.78 is 5.38. The maximum atomic E-state index is 5.38. The molecule has 0 bridgehead atoms. The van der Waals surface area contributed by atoms with E-state index in [1.165, 1.54) is 50.8 Å². The summed E-state index contributed by atoms with van der Waals surface area (Å²) in [6, 6.07) is 8.68. The van der Waals surface area contributed by atoms with E-state index in [9.17, 15) is 0 Å². The molecule has 1 aromatic carbocycles. The highest BCUT2D eigenvalue weighted by atomic mass is 16.5. The Labute approximate surface area is 117 Å². The van der Waals surface area contributed by atoms with Crippen LogP contribution in [0.25, 0.3) is 0 Å². The molecule has 0 aliphatic carbocycles. The Morgan fingerprint density at radius 3 is 3.00 bits per heavy atom. The van der Waals surface area contributed by atoms with Gasteiger partial charge < -0.3 is 10.1 Å². The van der Waals surface area contributed by atoms with Gasteiger partial charge in [-0.25, -0.2) is 0 Å². The molecule has 0 aromatic heterocycles. The van der Waals surface area contributed by atoms with Gasteiger partial charge in [0.2, 0.25) is 0 Å². The van der Waals surface area contributed by atoms with Crippen LogP contribution < -0.4 is 10.1 Å². The molecule has 2 heteroatoms. The first kappa shape index (κ1) is 14.4. The molecule has 1 saturated heterocycles. The average Bonchev–Trinajstić information content (AvgIpc) is 2.49. The number of unbranched alkanes of at least 4 members (excludes halogenated alkanes) is 1. The molecule has 1 fully saturated rings. The van der Waals surface area contributed by atoms with Crippen molar-refractivity contribution in [1.82, 2.24) is 5.32 Å². The van der Waals surface area contributed by atoms with Gasteiger partial charge in [-0.2, -0.15) is 0 Å². The zero-order valence-corrected chi connectivity index (χ0v) is 12.3. The first-order valence-electron chi connectivity index (χ1n) is 7.69. The minimum atomic E-state index is 0.683. The summed E-state index contributed by atoms with van der Waals surface area (Å²) in [5.74, 6) is 2.46. The average molecular weight is 261 g/mol. The van der Waals surface area contributed by atoms with Crippen molar-refractivity contribution in [1.29, 1.82) is 0 Å². The maximum Gasteiger partial charge on any atom is 0.119 e. The summed E-state index contributed by atoms with van der Waals surface area (Å²) in [6.45, 7) is 4.64. The zero-order valence-electron chi connectivity index (χ0n) is 12.3. The van der Waals surface area contributed by atoms with E-state index >= 15 is 0 Å². The number of hydrogen-bond donors (Lipinski definition) is 1. The number of benzene rings is 1. The van der Waals surface area contributed by atoms with Gasteiger partial charge >= 0.3 is 0 Å². The van der Waals surface area contributed by atoms with E-state index in [0.717, 1.165) is 11.7 Å². The number of hydrogen-bond acceptors (Lipinski definition) is 2. The van der Waals surface area contributed by atoms with Crippen molar-refractivity contribution in [3.05, 3.63) is 29.8 Å². The van der Waals surface area contributed by atoms with Gasteiger partial charge in [-0.3, -0.25) is 0 Å². The second-order valence-electron chi connectivity index (χ2n) is 5.63. The quantitative estimate of drug-likeness (QED) is 0.836. The van der Waals surface area contributed by atoms with Crippen molar-refractivity contribution in [3.63, 3.8) is 0 Å². The fourth-order valence-corrected chi connectivity index (χ4v) is 3.19. The topological polar surface area (TPSA) is 21.3 Å². The Balaban J connectivity index is 2.14. The van der Waals surface area contributed by atoms with Crippen LogP contribution in [-0.4, -0.2) is 20.2 Å². The smallest absolute Gasteiger partial charge is 0.119 e. The number of rotatable bonds is 6. The van der Waals surface area contributed by atoms with Crippen LogP contribution in [0, 0.1) is 5.92 Å². The van der Waals surface area contributed by atoms with Gasteiger partial charge in [0, 0.05) is 0 Å². The second-order valence-corrected chi connectivity index (χ2v) is 5.63. The van der Waals surface area contributed by atoms with Crippen molar-refractivity contribution in [3.8, 4) is 5.75 Å². The second kappa shape index (κ2) is 7.54. The van der Waals surface area contributed by atoms with Crippen LogP contribution >= 0.6 is 0 Å². The molecule has 1 aliphatic rings. The van der Waals surface area contributed by atoms with Crippen molar-refractivity contribution in [2.45, 2.75) is 44.9 Å². The molecule has 19 heavy (non-hydrogen) atoms. The molecule has 0 saturated carbocycles. The number of nitrogens with one attached hydrogen (secondary N) is 1. The lowest BCUT2D eigenvalue weighted by atomic mass is 9.78. The fraction of sp³-hybridized carbons (Fsp3) is 0.647. The van der Waals surface area contributed by atoms with E-state index in [2.05, 4.69) is 30.4 Å². The zero-order chi connectivity index (χ0) is 13.5. The highest BCUT2D eigenvalue weighted by Crippen LogP contribution is 2.35. The van der Waals surface area contributed by atoms with E-state index in [0.29, 0.717) is 5.92 Å². The standard InChI is InChI=1S/C17H27NO/c1-3-4-10-17(15-8-6-11-18-13-15)14-7-5-9-16(12-14)19-2/h5,7,9,12,15,17-18H,3-4,6,8,10-11,13H2,1-2H3. The fourth-order valence-electron chi connectivity index (χ4n) is 3.19. The Hall–Kier alpha value is -1.02. The van der Waals surface area contributed by atoms with E-state index in [-0.39, 0.29) is 0 Å². The molecule has 2 unspecified atom stereocenters. The molecule has 2 rings (SSSR count). The lowest BCUT2D eigenvalue weighted by Gasteiger charge is -2.31. The molecule has 2 atom stereocenters. The van der Waals surface area contributed by atoms with E-state index < -0.39 is 0 Å². The molecule has 106 valence electrons. The third-order valence-corrected chi connectivity index (χ3v) is 4.29. The summed E-state index contributed by atoms with van der Waals surface area (Å²) in [4.78, 5) is 0. The van der Waals surface area contributed by atoms with Crippen molar-refractivity contribution in [2.75, 3.05) is 20.2 Å². The Bertz CT molecular complexity index is 371. The van der Waals surface area contributed by atoms with Crippen LogP contribution in [0.2, 0.25) is 0 Å². The van der Waals surface area contributed by atoms with Gasteiger partial charge in [-0.15, -0.1) is 0 Å². The predicted molar refractivity (Wildman–Crippen MR) is 80.9 cm³/mol. The highest BCUT2D eigenvalue weighted by Gasteiger charge is 2.24. The molecule has 0 spiro atoms. The molecule has 1 aliphatic heterocycles. The summed E-state index contributed by atoms with van der Waals surface area (Å²) in [6.07, 6.45) is 6.57. The van der Waals surface area contributed by atoms with Gasteiger partial charge in [0.15, 0.2) is 0 Å². The predicted octanol–water partition coefficient (Wildman–Crippen LogP) is 3.97. The SMILES string of the molecule is CCCCC(c1cccc(OC)c1)C1CCCNC1. The number of piperidine rings is 1. The van der Waals surface area contributed by atoms with Crippen LogP contribution in [-0.2, 0) is 0 Å². The van der Waals surface area contributed by atoms with Crippen LogP contribution in [0.5, 0.6) is 5.75 Å². The van der Waals surface area contributed by atoms with Gasteiger partial charge in [0.25, 0.3) is 0 Å². The summed E-state index contributed by atoms with van der Waals surface area (Å²) in [5, 5.41) is 3.56. The Morgan fingerprint density at radius 2 is 2.32 bits per heavy atom. The Morgan fingerprint density at radius 1 is 1.42 bits per heavy atom. The molecule has 2 nitrogen and oxygen atoms in total. The van der Waals surface area contributed by atoms with Crippen molar-refractivity contribution in [2.24, 2.45) is 5.92 Å². The summed E-state index contributed by atoms with van der Waals surface area (Å²) in [5.41, 5.74) is 1.46. The largest absolute Gasteiger partial charge is 0.497 e. The number of ether oxygens (including phenoxy) is 1. The lowest BCUT2D eigenvalue weighted by Crippen LogP contribution is -2.33.